The lowest BCUT2D eigenvalue weighted by molar-refractivity contribution is 0.389. The van der Waals surface area contributed by atoms with E-state index < -0.39 is 0 Å². The SMILES string of the molecule is COc1ccc(C(N)c2ccn[nH]2)c(OC)c1. The van der Waals surface area contributed by atoms with Gasteiger partial charge in [0.15, 0.2) is 0 Å². The first-order valence-corrected chi connectivity index (χ1v) is 5.23. The molecule has 1 heterocycles. The zero-order valence-electron chi connectivity index (χ0n) is 9.81. The Hall–Kier alpha value is -2.01. The fraction of sp³-hybridized carbons (Fsp3) is 0.250. The van der Waals surface area contributed by atoms with Gasteiger partial charge in [-0.3, -0.25) is 5.10 Å². The number of aromatic amines is 1. The van der Waals surface area contributed by atoms with E-state index in [0.717, 1.165) is 17.0 Å². The van der Waals surface area contributed by atoms with Crippen LogP contribution in [-0.4, -0.2) is 24.4 Å². The molecule has 1 unspecified atom stereocenters. The number of methoxy groups -OCH3 is 2. The Labute approximate surface area is 99.5 Å². The largest absolute Gasteiger partial charge is 0.497 e. The van der Waals surface area contributed by atoms with E-state index in [2.05, 4.69) is 10.2 Å². The number of hydrogen-bond donors (Lipinski definition) is 2. The fourth-order valence-electron chi connectivity index (χ4n) is 1.68. The molecule has 0 bridgehead atoms. The molecule has 1 aromatic carbocycles. The van der Waals surface area contributed by atoms with Crippen molar-refractivity contribution in [1.29, 1.82) is 0 Å². The highest BCUT2D eigenvalue weighted by Crippen LogP contribution is 2.30. The molecule has 2 aromatic rings. The van der Waals surface area contributed by atoms with Crippen LogP contribution in [0.4, 0.5) is 0 Å². The van der Waals surface area contributed by atoms with Crippen molar-refractivity contribution in [3.8, 4) is 11.5 Å². The zero-order chi connectivity index (χ0) is 12.3. The molecular formula is C12H15N3O2. The second-order valence-electron chi connectivity index (χ2n) is 3.60. The molecule has 2 rings (SSSR count). The Kier molecular flexibility index (Phi) is 3.30. The van der Waals surface area contributed by atoms with Crippen molar-refractivity contribution >= 4 is 0 Å². The van der Waals surface area contributed by atoms with E-state index in [0.29, 0.717) is 5.75 Å². The molecule has 5 nitrogen and oxygen atoms in total. The quantitative estimate of drug-likeness (QED) is 0.838. The highest BCUT2D eigenvalue weighted by molar-refractivity contribution is 5.44. The lowest BCUT2D eigenvalue weighted by Gasteiger charge is -2.15. The van der Waals surface area contributed by atoms with Gasteiger partial charge in [-0.05, 0) is 18.2 Å². The Bertz CT molecular complexity index is 483. The van der Waals surface area contributed by atoms with Crippen LogP contribution in [0.3, 0.4) is 0 Å². The molecule has 0 fully saturated rings. The fourth-order valence-corrected chi connectivity index (χ4v) is 1.68. The normalized spacial score (nSPS) is 12.2. The summed E-state index contributed by atoms with van der Waals surface area (Å²) in [4.78, 5) is 0. The number of ether oxygens (including phenoxy) is 2. The third-order valence-electron chi connectivity index (χ3n) is 2.63. The van der Waals surface area contributed by atoms with E-state index >= 15 is 0 Å². The summed E-state index contributed by atoms with van der Waals surface area (Å²) in [5, 5.41) is 6.74. The average molecular weight is 233 g/mol. The maximum absolute atomic E-state index is 6.14. The maximum Gasteiger partial charge on any atom is 0.127 e. The van der Waals surface area contributed by atoms with Gasteiger partial charge in [0.05, 0.1) is 26.0 Å². The second-order valence-corrected chi connectivity index (χ2v) is 3.60. The molecule has 0 aliphatic rings. The van der Waals surface area contributed by atoms with Gasteiger partial charge in [0.1, 0.15) is 11.5 Å². The minimum absolute atomic E-state index is 0.293. The number of H-pyrrole nitrogens is 1. The molecule has 0 saturated heterocycles. The standard InChI is InChI=1S/C12H15N3O2/c1-16-8-3-4-9(11(7-8)17-2)12(13)10-5-6-14-15-10/h3-7,12H,13H2,1-2H3,(H,14,15). The van der Waals surface area contributed by atoms with Crippen LogP contribution in [0, 0.1) is 0 Å². The van der Waals surface area contributed by atoms with Gasteiger partial charge in [-0.2, -0.15) is 5.10 Å². The summed E-state index contributed by atoms with van der Waals surface area (Å²) in [5.41, 5.74) is 7.86. The minimum atomic E-state index is -0.293. The van der Waals surface area contributed by atoms with Gasteiger partial charge in [-0.1, -0.05) is 0 Å². The lowest BCUT2D eigenvalue weighted by Crippen LogP contribution is -2.13. The van der Waals surface area contributed by atoms with Crippen molar-refractivity contribution in [2.45, 2.75) is 6.04 Å². The van der Waals surface area contributed by atoms with Crippen LogP contribution < -0.4 is 15.2 Å². The van der Waals surface area contributed by atoms with E-state index in [4.69, 9.17) is 15.2 Å². The van der Waals surface area contributed by atoms with Crippen LogP contribution in [0.5, 0.6) is 11.5 Å². The topological polar surface area (TPSA) is 73.2 Å². The molecule has 3 N–H and O–H groups in total. The highest BCUT2D eigenvalue weighted by atomic mass is 16.5. The molecule has 0 aliphatic carbocycles. The van der Waals surface area contributed by atoms with Crippen LogP contribution >= 0.6 is 0 Å². The third-order valence-corrected chi connectivity index (χ3v) is 2.63. The first-order valence-electron chi connectivity index (χ1n) is 5.23. The van der Waals surface area contributed by atoms with Crippen molar-refractivity contribution < 1.29 is 9.47 Å². The minimum Gasteiger partial charge on any atom is -0.497 e. The molecule has 0 amide bonds. The van der Waals surface area contributed by atoms with E-state index in [9.17, 15) is 0 Å². The van der Waals surface area contributed by atoms with Crippen LogP contribution in [-0.2, 0) is 0 Å². The maximum atomic E-state index is 6.14. The molecule has 1 atom stereocenters. The van der Waals surface area contributed by atoms with Crippen LogP contribution in [0.15, 0.2) is 30.5 Å². The highest BCUT2D eigenvalue weighted by Gasteiger charge is 2.15. The van der Waals surface area contributed by atoms with E-state index in [-0.39, 0.29) is 6.04 Å². The summed E-state index contributed by atoms with van der Waals surface area (Å²) in [6.07, 6.45) is 1.67. The lowest BCUT2D eigenvalue weighted by atomic mass is 10.0. The van der Waals surface area contributed by atoms with Crippen molar-refractivity contribution in [3.05, 3.63) is 41.7 Å². The number of aromatic nitrogens is 2. The molecule has 5 heteroatoms. The van der Waals surface area contributed by atoms with Crippen LogP contribution in [0.2, 0.25) is 0 Å². The summed E-state index contributed by atoms with van der Waals surface area (Å²) >= 11 is 0. The third kappa shape index (κ3) is 2.24. The number of nitrogens with zero attached hydrogens (tertiary/aromatic N) is 1. The molecule has 0 spiro atoms. The van der Waals surface area contributed by atoms with Gasteiger partial charge < -0.3 is 15.2 Å². The van der Waals surface area contributed by atoms with Gasteiger partial charge in [0.25, 0.3) is 0 Å². The van der Waals surface area contributed by atoms with E-state index in [1.165, 1.54) is 0 Å². The zero-order valence-corrected chi connectivity index (χ0v) is 9.81. The number of hydrogen-bond acceptors (Lipinski definition) is 4. The van der Waals surface area contributed by atoms with Crippen molar-refractivity contribution in [1.82, 2.24) is 10.2 Å². The predicted molar refractivity (Wildman–Crippen MR) is 64.2 cm³/mol. The Morgan fingerprint density at radius 2 is 2.06 bits per heavy atom. The molecule has 0 aliphatic heterocycles. The van der Waals surface area contributed by atoms with Crippen LogP contribution in [0.1, 0.15) is 17.3 Å². The van der Waals surface area contributed by atoms with Crippen molar-refractivity contribution in [2.75, 3.05) is 14.2 Å². The van der Waals surface area contributed by atoms with Gasteiger partial charge in [-0.25, -0.2) is 0 Å². The van der Waals surface area contributed by atoms with Gasteiger partial charge in [0.2, 0.25) is 0 Å². The summed E-state index contributed by atoms with van der Waals surface area (Å²) in [6.45, 7) is 0. The predicted octanol–water partition coefficient (Wildman–Crippen LogP) is 1.48. The monoisotopic (exact) mass is 233 g/mol. The van der Waals surface area contributed by atoms with Crippen molar-refractivity contribution in [3.63, 3.8) is 0 Å². The Morgan fingerprint density at radius 3 is 2.65 bits per heavy atom. The first kappa shape index (κ1) is 11.5. The van der Waals surface area contributed by atoms with Gasteiger partial charge >= 0.3 is 0 Å². The summed E-state index contributed by atoms with van der Waals surface area (Å²) < 4.78 is 10.5. The summed E-state index contributed by atoms with van der Waals surface area (Å²) in [6, 6.07) is 7.11. The Morgan fingerprint density at radius 1 is 1.24 bits per heavy atom. The molecule has 17 heavy (non-hydrogen) atoms. The van der Waals surface area contributed by atoms with Gasteiger partial charge in [0, 0.05) is 17.8 Å². The van der Waals surface area contributed by atoms with Crippen LogP contribution in [0.25, 0.3) is 0 Å². The second kappa shape index (κ2) is 4.88. The molecule has 0 radical (unpaired) electrons. The molecule has 1 aromatic heterocycles. The average Bonchev–Trinajstić information content (AvgIpc) is 2.91. The van der Waals surface area contributed by atoms with E-state index in [1.54, 1.807) is 20.4 Å². The summed E-state index contributed by atoms with van der Waals surface area (Å²) in [7, 11) is 3.22. The molecular weight excluding hydrogens is 218 g/mol. The number of nitrogens with one attached hydrogen (secondary N) is 1. The summed E-state index contributed by atoms with van der Waals surface area (Å²) in [5.74, 6) is 1.44. The number of benzene rings is 1. The molecule has 0 saturated carbocycles. The number of rotatable bonds is 4. The van der Waals surface area contributed by atoms with E-state index in [1.807, 2.05) is 24.3 Å². The molecule has 90 valence electrons. The Balaban J connectivity index is 2.38. The first-order chi connectivity index (χ1) is 8.26. The smallest absolute Gasteiger partial charge is 0.127 e. The van der Waals surface area contributed by atoms with Gasteiger partial charge in [-0.15, -0.1) is 0 Å². The number of nitrogens with two attached hydrogens (primary N) is 1. The van der Waals surface area contributed by atoms with Crippen molar-refractivity contribution in [2.24, 2.45) is 5.73 Å².